The van der Waals surface area contributed by atoms with Gasteiger partial charge in [-0.05, 0) is 41.0 Å². The van der Waals surface area contributed by atoms with E-state index in [2.05, 4.69) is 0 Å². The second kappa shape index (κ2) is 8.18. The number of ether oxygens (including phenoxy) is 2. The summed E-state index contributed by atoms with van der Waals surface area (Å²) >= 11 is 0. The van der Waals surface area contributed by atoms with Gasteiger partial charge in [-0.1, -0.05) is 54.6 Å². The molecule has 24 heavy (non-hydrogen) atoms. The maximum Gasteiger partial charge on any atom is 0.120 e. The van der Waals surface area contributed by atoms with Crippen LogP contribution in [-0.4, -0.2) is 5.11 Å². The van der Waals surface area contributed by atoms with Gasteiger partial charge in [-0.2, -0.15) is 0 Å². The first-order valence-corrected chi connectivity index (χ1v) is 7.92. The number of rotatable bonds is 7. The topological polar surface area (TPSA) is 38.7 Å². The molecule has 0 aliphatic heterocycles. The molecule has 3 heteroatoms. The summed E-state index contributed by atoms with van der Waals surface area (Å²) in [6, 6.07) is 25.5. The fourth-order valence-corrected chi connectivity index (χ4v) is 2.32. The van der Waals surface area contributed by atoms with Crippen LogP contribution in [0, 0.1) is 0 Å². The average Bonchev–Trinajstić information content (AvgIpc) is 2.66. The number of benzene rings is 3. The minimum Gasteiger partial charge on any atom is -0.489 e. The highest BCUT2D eigenvalue weighted by Gasteiger charge is 2.00. The standard InChI is InChI=1S/C21H20O3/c22-14-19-7-4-8-21(13-19)24-16-18-9-11-20(12-10-18)23-15-17-5-2-1-3-6-17/h1-13,22H,14-16H2. The summed E-state index contributed by atoms with van der Waals surface area (Å²) < 4.78 is 11.5. The van der Waals surface area contributed by atoms with Crippen molar-refractivity contribution in [2.24, 2.45) is 0 Å². The fourth-order valence-electron chi connectivity index (χ4n) is 2.32. The maximum atomic E-state index is 9.14. The summed E-state index contributed by atoms with van der Waals surface area (Å²) in [5.41, 5.74) is 3.06. The molecule has 0 saturated heterocycles. The summed E-state index contributed by atoms with van der Waals surface area (Å²) in [6.45, 7) is 1.06. The summed E-state index contributed by atoms with van der Waals surface area (Å²) in [5.74, 6) is 1.59. The van der Waals surface area contributed by atoms with Gasteiger partial charge in [0.05, 0.1) is 6.61 Å². The molecule has 0 heterocycles. The highest BCUT2D eigenvalue weighted by Crippen LogP contribution is 2.18. The lowest BCUT2D eigenvalue weighted by Gasteiger charge is -2.09. The van der Waals surface area contributed by atoms with E-state index >= 15 is 0 Å². The number of aliphatic hydroxyl groups excluding tert-OH is 1. The van der Waals surface area contributed by atoms with E-state index in [1.54, 1.807) is 0 Å². The highest BCUT2D eigenvalue weighted by atomic mass is 16.5. The van der Waals surface area contributed by atoms with E-state index < -0.39 is 0 Å². The molecule has 0 atom stereocenters. The molecule has 122 valence electrons. The number of hydrogen-bond donors (Lipinski definition) is 1. The van der Waals surface area contributed by atoms with E-state index in [0.29, 0.717) is 13.2 Å². The van der Waals surface area contributed by atoms with Gasteiger partial charge in [-0.15, -0.1) is 0 Å². The van der Waals surface area contributed by atoms with Gasteiger partial charge < -0.3 is 14.6 Å². The van der Waals surface area contributed by atoms with Gasteiger partial charge >= 0.3 is 0 Å². The van der Waals surface area contributed by atoms with E-state index in [1.807, 2.05) is 78.9 Å². The number of hydrogen-bond acceptors (Lipinski definition) is 3. The van der Waals surface area contributed by atoms with Gasteiger partial charge in [-0.25, -0.2) is 0 Å². The van der Waals surface area contributed by atoms with E-state index in [-0.39, 0.29) is 6.61 Å². The Kier molecular flexibility index (Phi) is 5.48. The molecule has 1 N–H and O–H groups in total. The summed E-state index contributed by atoms with van der Waals surface area (Å²) in [5, 5.41) is 9.14. The Bertz CT molecular complexity index is 752. The fraction of sp³-hybridized carbons (Fsp3) is 0.143. The first-order chi connectivity index (χ1) is 11.8. The van der Waals surface area contributed by atoms with E-state index in [9.17, 15) is 0 Å². The largest absolute Gasteiger partial charge is 0.489 e. The molecule has 0 amide bonds. The molecule has 0 unspecified atom stereocenters. The van der Waals surface area contributed by atoms with Crippen LogP contribution >= 0.6 is 0 Å². The molecule has 0 bridgehead atoms. The molecule has 0 aromatic heterocycles. The molecule has 3 aromatic rings. The van der Waals surface area contributed by atoms with Crippen LogP contribution < -0.4 is 9.47 Å². The SMILES string of the molecule is OCc1cccc(OCc2ccc(OCc3ccccc3)cc2)c1. The quantitative estimate of drug-likeness (QED) is 0.704. The van der Waals surface area contributed by atoms with Gasteiger partial charge in [0.15, 0.2) is 0 Å². The first-order valence-electron chi connectivity index (χ1n) is 7.92. The van der Waals surface area contributed by atoms with Crippen molar-refractivity contribution in [2.45, 2.75) is 19.8 Å². The summed E-state index contributed by atoms with van der Waals surface area (Å²) in [7, 11) is 0. The Hall–Kier alpha value is -2.78. The van der Waals surface area contributed by atoms with Crippen molar-refractivity contribution in [3.05, 3.63) is 95.6 Å². The highest BCUT2D eigenvalue weighted by molar-refractivity contribution is 5.30. The molecule has 0 spiro atoms. The van der Waals surface area contributed by atoms with E-state index in [4.69, 9.17) is 14.6 Å². The van der Waals surface area contributed by atoms with E-state index in [0.717, 1.165) is 28.2 Å². The van der Waals surface area contributed by atoms with Crippen LogP contribution in [0.1, 0.15) is 16.7 Å². The Morgan fingerprint density at radius 2 is 1.21 bits per heavy atom. The zero-order valence-corrected chi connectivity index (χ0v) is 13.4. The molecule has 0 radical (unpaired) electrons. The molecule has 0 saturated carbocycles. The van der Waals surface area contributed by atoms with Gasteiger partial charge in [0, 0.05) is 0 Å². The number of aliphatic hydroxyl groups is 1. The Morgan fingerprint density at radius 3 is 1.92 bits per heavy atom. The lowest BCUT2D eigenvalue weighted by molar-refractivity contribution is 0.278. The predicted octanol–water partition coefficient (Wildman–Crippen LogP) is 4.34. The third-order valence-electron chi connectivity index (χ3n) is 3.66. The smallest absolute Gasteiger partial charge is 0.120 e. The minimum atomic E-state index is 0.0185. The van der Waals surface area contributed by atoms with Gasteiger partial charge in [0.1, 0.15) is 24.7 Å². The lowest BCUT2D eigenvalue weighted by Crippen LogP contribution is -1.97. The third-order valence-corrected chi connectivity index (χ3v) is 3.66. The molecule has 0 fully saturated rings. The summed E-state index contributed by atoms with van der Waals surface area (Å²) in [4.78, 5) is 0. The van der Waals surface area contributed by atoms with Crippen molar-refractivity contribution in [1.29, 1.82) is 0 Å². The van der Waals surface area contributed by atoms with Crippen molar-refractivity contribution in [3.8, 4) is 11.5 Å². The lowest BCUT2D eigenvalue weighted by atomic mass is 10.2. The maximum absolute atomic E-state index is 9.14. The van der Waals surface area contributed by atoms with Gasteiger partial charge in [0.25, 0.3) is 0 Å². The molecule has 3 nitrogen and oxygen atoms in total. The van der Waals surface area contributed by atoms with Crippen molar-refractivity contribution >= 4 is 0 Å². The van der Waals surface area contributed by atoms with Crippen LogP contribution in [0.5, 0.6) is 11.5 Å². The van der Waals surface area contributed by atoms with Crippen molar-refractivity contribution in [1.82, 2.24) is 0 Å². The van der Waals surface area contributed by atoms with Crippen LogP contribution in [0.3, 0.4) is 0 Å². The second-order valence-electron chi connectivity index (χ2n) is 5.51. The van der Waals surface area contributed by atoms with Crippen LogP contribution in [0.4, 0.5) is 0 Å². The average molecular weight is 320 g/mol. The van der Waals surface area contributed by atoms with Gasteiger partial charge in [0.2, 0.25) is 0 Å². The third kappa shape index (κ3) is 4.61. The molecule has 0 aliphatic carbocycles. The first kappa shape index (κ1) is 16.1. The Balaban J connectivity index is 1.52. The molecule has 3 aromatic carbocycles. The zero-order chi connectivity index (χ0) is 16.6. The van der Waals surface area contributed by atoms with Crippen LogP contribution in [0.25, 0.3) is 0 Å². The molecular weight excluding hydrogens is 300 g/mol. The normalized spacial score (nSPS) is 10.4. The monoisotopic (exact) mass is 320 g/mol. The molecular formula is C21H20O3. The van der Waals surface area contributed by atoms with Crippen molar-refractivity contribution in [2.75, 3.05) is 0 Å². The molecule has 3 rings (SSSR count). The van der Waals surface area contributed by atoms with Crippen LogP contribution in [-0.2, 0) is 19.8 Å². The zero-order valence-electron chi connectivity index (χ0n) is 13.4. The molecule has 0 aliphatic rings. The van der Waals surface area contributed by atoms with Crippen LogP contribution in [0.15, 0.2) is 78.9 Å². The van der Waals surface area contributed by atoms with E-state index in [1.165, 1.54) is 0 Å². The van der Waals surface area contributed by atoms with Gasteiger partial charge in [-0.3, -0.25) is 0 Å². The van der Waals surface area contributed by atoms with Crippen LogP contribution in [0.2, 0.25) is 0 Å². The van der Waals surface area contributed by atoms with Crippen molar-refractivity contribution in [3.63, 3.8) is 0 Å². The Labute approximate surface area is 142 Å². The minimum absolute atomic E-state index is 0.0185. The predicted molar refractivity (Wildman–Crippen MR) is 93.9 cm³/mol. The van der Waals surface area contributed by atoms with Crippen molar-refractivity contribution < 1.29 is 14.6 Å². The Morgan fingerprint density at radius 1 is 0.583 bits per heavy atom. The summed E-state index contributed by atoms with van der Waals surface area (Å²) in [6.07, 6.45) is 0. The second-order valence-corrected chi connectivity index (χ2v) is 5.51.